The Bertz CT molecular complexity index is 1160. The van der Waals surface area contributed by atoms with Gasteiger partial charge in [-0.1, -0.05) is 17.3 Å². The minimum Gasteiger partial charge on any atom is -0.435 e. The van der Waals surface area contributed by atoms with E-state index in [-0.39, 0.29) is 18.1 Å². The molecule has 0 saturated carbocycles. The third kappa shape index (κ3) is 4.24. The maximum atomic E-state index is 12.4. The number of ether oxygens (including phenoxy) is 1. The molecule has 29 heavy (non-hydrogen) atoms. The number of rotatable bonds is 6. The van der Waals surface area contributed by atoms with Crippen molar-refractivity contribution in [1.82, 2.24) is 10.1 Å². The molecule has 0 saturated heterocycles. The van der Waals surface area contributed by atoms with Crippen LogP contribution in [0.2, 0.25) is 0 Å². The van der Waals surface area contributed by atoms with E-state index in [1.54, 1.807) is 18.2 Å². The molecule has 6 nitrogen and oxygen atoms in total. The second kappa shape index (κ2) is 7.96. The fourth-order valence-corrected chi connectivity index (χ4v) is 3.75. The van der Waals surface area contributed by atoms with Crippen LogP contribution < -0.4 is 10.1 Å². The summed E-state index contributed by atoms with van der Waals surface area (Å²) in [5.41, 5.74) is 2.59. The summed E-state index contributed by atoms with van der Waals surface area (Å²) in [7, 11) is 0. The predicted molar refractivity (Wildman–Crippen MR) is 105 cm³/mol. The molecule has 0 radical (unpaired) electrons. The van der Waals surface area contributed by atoms with Gasteiger partial charge < -0.3 is 14.6 Å². The quantitative estimate of drug-likeness (QED) is 0.477. The van der Waals surface area contributed by atoms with Crippen molar-refractivity contribution >= 4 is 33.3 Å². The van der Waals surface area contributed by atoms with E-state index in [9.17, 15) is 13.6 Å². The summed E-state index contributed by atoms with van der Waals surface area (Å²) in [6.45, 7) is -0.998. The third-order valence-electron chi connectivity index (χ3n) is 4.18. The number of aromatic nitrogens is 2. The Morgan fingerprint density at radius 1 is 1.21 bits per heavy atom. The van der Waals surface area contributed by atoms with Gasteiger partial charge in [-0.05, 0) is 43.3 Å². The third-order valence-corrected chi connectivity index (χ3v) is 5.06. The number of benzene rings is 2. The zero-order chi connectivity index (χ0) is 20.4. The Labute approximate surface area is 168 Å². The first-order valence-electron chi connectivity index (χ1n) is 8.65. The van der Waals surface area contributed by atoms with Gasteiger partial charge in [-0.15, -0.1) is 11.3 Å². The molecular weight excluding hydrogens is 400 g/mol. The van der Waals surface area contributed by atoms with Crippen molar-refractivity contribution in [3.63, 3.8) is 0 Å². The van der Waals surface area contributed by atoms with E-state index in [1.807, 2.05) is 25.1 Å². The summed E-state index contributed by atoms with van der Waals surface area (Å²) < 4.78 is 34.1. The highest BCUT2D eigenvalue weighted by Gasteiger charge is 2.16. The number of alkyl halides is 2. The standard InChI is InChI=1S/C20H15F2N3O3S/c1-11-18(12-6-8-13(9-7-12)27-19(21)22)24-20(29-11)23-17(26)10-15-14-4-2-3-5-16(14)28-25-15/h2-9,19H,10H2,1H3,(H,23,24,26). The summed E-state index contributed by atoms with van der Waals surface area (Å²) in [5, 5.41) is 7.98. The van der Waals surface area contributed by atoms with Crippen molar-refractivity contribution in [2.45, 2.75) is 20.0 Å². The van der Waals surface area contributed by atoms with Crippen LogP contribution >= 0.6 is 11.3 Å². The molecule has 0 fully saturated rings. The number of anilines is 1. The molecule has 0 aliphatic heterocycles. The lowest BCUT2D eigenvalue weighted by Gasteiger charge is -2.05. The lowest BCUT2D eigenvalue weighted by molar-refractivity contribution is -0.115. The van der Waals surface area contributed by atoms with Crippen LogP contribution in [0.15, 0.2) is 53.1 Å². The number of nitrogens with one attached hydrogen (secondary N) is 1. The molecule has 9 heteroatoms. The fraction of sp³-hybridized carbons (Fsp3) is 0.150. The molecule has 4 rings (SSSR count). The van der Waals surface area contributed by atoms with Gasteiger partial charge >= 0.3 is 6.61 Å². The van der Waals surface area contributed by atoms with E-state index in [0.717, 1.165) is 15.8 Å². The highest BCUT2D eigenvalue weighted by molar-refractivity contribution is 7.16. The van der Waals surface area contributed by atoms with Gasteiger partial charge in [0.05, 0.1) is 12.1 Å². The molecule has 0 atom stereocenters. The first-order valence-corrected chi connectivity index (χ1v) is 9.47. The molecule has 0 aliphatic carbocycles. The molecule has 148 valence electrons. The average molecular weight is 415 g/mol. The summed E-state index contributed by atoms with van der Waals surface area (Å²) in [5.74, 6) is -0.185. The van der Waals surface area contributed by atoms with Gasteiger partial charge in [-0.2, -0.15) is 8.78 Å². The largest absolute Gasteiger partial charge is 0.435 e. The van der Waals surface area contributed by atoms with Crippen LogP contribution in [-0.2, 0) is 11.2 Å². The predicted octanol–water partition coefficient (Wildman–Crippen LogP) is 5.04. The lowest BCUT2D eigenvalue weighted by atomic mass is 10.1. The van der Waals surface area contributed by atoms with Crippen LogP contribution in [-0.4, -0.2) is 22.7 Å². The van der Waals surface area contributed by atoms with Crippen LogP contribution in [0.3, 0.4) is 0 Å². The summed E-state index contributed by atoms with van der Waals surface area (Å²) in [6.07, 6.45) is 0.0602. The number of hydrogen-bond acceptors (Lipinski definition) is 6. The molecular formula is C20H15F2N3O3S. The van der Waals surface area contributed by atoms with E-state index in [0.29, 0.717) is 22.1 Å². The number of halogens is 2. The minimum atomic E-state index is -2.87. The molecule has 2 aromatic carbocycles. The average Bonchev–Trinajstić information content (AvgIpc) is 3.25. The first-order chi connectivity index (χ1) is 14.0. The van der Waals surface area contributed by atoms with Crippen molar-refractivity contribution in [2.75, 3.05) is 5.32 Å². The van der Waals surface area contributed by atoms with Gasteiger partial charge in [0.2, 0.25) is 5.91 Å². The van der Waals surface area contributed by atoms with Crippen molar-refractivity contribution in [1.29, 1.82) is 0 Å². The van der Waals surface area contributed by atoms with Crippen molar-refractivity contribution in [2.24, 2.45) is 0 Å². The van der Waals surface area contributed by atoms with E-state index in [4.69, 9.17) is 4.52 Å². The van der Waals surface area contributed by atoms with Crippen LogP contribution in [0.5, 0.6) is 5.75 Å². The maximum Gasteiger partial charge on any atom is 0.387 e. The molecule has 0 spiro atoms. The van der Waals surface area contributed by atoms with Crippen LogP contribution in [0.1, 0.15) is 10.6 Å². The summed E-state index contributed by atoms with van der Waals surface area (Å²) in [6, 6.07) is 13.5. The van der Waals surface area contributed by atoms with E-state index < -0.39 is 6.61 Å². The maximum absolute atomic E-state index is 12.4. The number of nitrogens with zero attached hydrogens (tertiary/aromatic N) is 2. The zero-order valence-electron chi connectivity index (χ0n) is 15.2. The molecule has 0 unspecified atom stereocenters. The summed E-state index contributed by atoms with van der Waals surface area (Å²) >= 11 is 1.33. The smallest absolute Gasteiger partial charge is 0.387 e. The van der Waals surface area contributed by atoms with E-state index in [2.05, 4.69) is 20.2 Å². The number of aryl methyl sites for hydroxylation is 1. The first kappa shape index (κ1) is 19.0. The Kier molecular flexibility index (Phi) is 5.22. The topological polar surface area (TPSA) is 77.3 Å². The number of thiazole rings is 1. The van der Waals surface area contributed by atoms with Crippen molar-refractivity contribution in [3.8, 4) is 17.0 Å². The van der Waals surface area contributed by atoms with Crippen molar-refractivity contribution in [3.05, 3.63) is 59.1 Å². The fourth-order valence-electron chi connectivity index (χ4n) is 2.89. The number of para-hydroxylation sites is 1. The zero-order valence-corrected chi connectivity index (χ0v) is 16.0. The second-order valence-electron chi connectivity index (χ2n) is 6.18. The second-order valence-corrected chi connectivity index (χ2v) is 7.38. The minimum absolute atomic E-state index is 0.0602. The number of hydrogen-bond donors (Lipinski definition) is 1. The molecule has 1 amide bonds. The van der Waals surface area contributed by atoms with Crippen LogP contribution in [0, 0.1) is 6.92 Å². The van der Waals surface area contributed by atoms with Gasteiger partial charge in [0.25, 0.3) is 0 Å². The highest BCUT2D eigenvalue weighted by atomic mass is 32.1. The van der Waals surface area contributed by atoms with Gasteiger partial charge in [-0.3, -0.25) is 4.79 Å². The van der Waals surface area contributed by atoms with Crippen molar-refractivity contribution < 1.29 is 22.8 Å². The van der Waals surface area contributed by atoms with Gasteiger partial charge in [0, 0.05) is 15.8 Å². The van der Waals surface area contributed by atoms with Crippen LogP contribution in [0.25, 0.3) is 22.2 Å². The Morgan fingerprint density at radius 2 is 1.97 bits per heavy atom. The van der Waals surface area contributed by atoms with Gasteiger partial charge in [0.15, 0.2) is 10.7 Å². The number of amides is 1. The highest BCUT2D eigenvalue weighted by Crippen LogP contribution is 2.31. The SMILES string of the molecule is Cc1sc(NC(=O)Cc2noc3ccccc23)nc1-c1ccc(OC(F)F)cc1. The Balaban J connectivity index is 1.47. The lowest BCUT2D eigenvalue weighted by Crippen LogP contribution is -2.14. The van der Waals surface area contributed by atoms with Gasteiger partial charge in [0.1, 0.15) is 11.4 Å². The molecule has 0 bridgehead atoms. The van der Waals surface area contributed by atoms with Crippen LogP contribution in [0.4, 0.5) is 13.9 Å². The molecule has 0 aliphatic rings. The summed E-state index contributed by atoms with van der Waals surface area (Å²) in [4.78, 5) is 17.8. The number of fused-ring (bicyclic) bond motifs is 1. The molecule has 2 aromatic heterocycles. The molecule has 4 aromatic rings. The Morgan fingerprint density at radius 3 is 2.72 bits per heavy atom. The normalized spacial score (nSPS) is 11.2. The van der Waals surface area contributed by atoms with E-state index in [1.165, 1.54) is 23.5 Å². The molecule has 2 heterocycles. The number of carbonyl (C=O) groups excluding carboxylic acids is 1. The Hall–Kier alpha value is -3.33. The number of carbonyl (C=O) groups is 1. The van der Waals surface area contributed by atoms with E-state index >= 15 is 0 Å². The molecule has 1 N–H and O–H groups in total. The van der Waals surface area contributed by atoms with Gasteiger partial charge in [-0.25, -0.2) is 4.98 Å². The monoisotopic (exact) mass is 415 g/mol.